The number of thioether (sulfide) groups is 1. The Bertz CT molecular complexity index is 1360. The van der Waals surface area contributed by atoms with E-state index in [-0.39, 0.29) is 30.1 Å². The van der Waals surface area contributed by atoms with Crippen LogP contribution in [0.2, 0.25) is 0 Å². The van der Waals surface area contributed by atoms with Crippen molar-refractivity contribution >= 4 is 57.7 Å². The number of nitrogens with zero attached hydrogens (tertiary/aromatic N) is 4. The molecule has 0 spiro atoms. The molecule has 1 N–H and O–H groups in total. The number of carboxylic acid groups (broad SMARTS) is 1. The quantitative estimate of drug-likeness (QED) is 0.184. The lowest BCUT2D eigenvalue weighted by Gasteiger charge is -2.36. The smallest absolute Gasteiger partial charge is 0.303 e. The van der Waals surface area contributed by atoms with Gasteiger partial charge in [-0.1, -0.05) is 68.6 Å². The summed E-state index contributed by atoms with van der Waals surface area (Å²) in [6, 6.07) is 3.78. The van der Waals surface area contributed by atoms with E-state index in [1.807, 2.05) is 32.9 Å². The number of amides is 1. The number of aliphatic carboxylic acids is 1. The van der Waals surface area contributed by atoms with E-state index in [2.05, 4.69) is 4.90 Å². The van der Waals surface area contributed by atoms with E-state index in [1.165, 1.54) is 11.8 Å². The minimum Gasteiger partial charge on any atom is -0.481 e. The first-order valence-corrected chi connectivity index (χ1v) is 15.8. The molecule has 2 unspecified atom stereocenters. The molecule has 4 rings (SSSR count). The van der Waals surface area contributed by atoms with Crippen LogP contribution >= 0.6 is 24.0 Å². The summed E-state index contributed by atoms with van der Waals surface area (Å²) in [5.74, 6) is -0.329. The highest BCUT2D eigenvalue weighted by Gasteiger charge is 2.33. The normalized spacial score (nSPS) is 20.5. The van der Waals surface area contributed by atoms with Gasteiger partial charge in [0.25, 0.3) is 11.5 Å². The molecule has 222 valence electrons. The van der Waals surface area contributed by atoms with Crippen LogP contribution in [0.25, 0.3) is 11.7 Å². The molecule has 41 heavy (non-hydrogen) atoms. The van der Waals surface area contributed by atoms with E-state index in [1.54, 1.807) is 21.6 Å². The number of aromatic nitrogens is 2. The van der Waals surface area contributed by atoms with Crippen LogP contribution in [0.3, 0.4) is 0 Å². The predicted molar refractivity (Wildman–Crippen MR) is 167 cm³/mol. The van der Waals surface area contributed by atoms with E-state index in [4.69, 9.17) is 27.0 Å². The average Bonchev–Trinajstić information content (AvgIpc) is 3.18. The number of carboxylic acids is 1. The number of hydrogen-bond donors (Lipinski definition) is 1. The van der Waals surface area contributed by atoms with Crippen molar-refractivity contribution in [2.75, 3.05) is 24.5 Å². The van der Waals surface area contributed by atoms with Gasteiger partial charge in [0, 0.05) is 32.3 Å². The largest absolute Gasteiger partial charge is 0.481 e. The number of hydrogen-bond acceptors (Lipinski definition) is 8. The molecule has 0 aromatic carbocycles. The van der Waals surface area contributed by atoms with Gasteiger partial charge in [0.1, 0.15) is 15.8 Å². The van der Waals surface area contributed by atoms with Gasteiger partial charge in [-0.2, -0.15) is 0 Å². The number of rotatable bonds is 13. The number of aryl methyl sites for hydroxylation is 1. The second kappa shape index (κ2) is 14.4. The van der Waals surface area contributed by atoms with Crippen molar-refractivity contribution in [1.82, 2.24) is 14.3 Å². The Hall–Kier alpha value is -2.76. The van der Waals surface area contributed by atoms with Gasteiger partial charge in [-0.25, -0.2) is 4.98 Å². The predicted octanol–water partition coefficient (Wildman–Crippen LogP) is 5.41. The molecule has 2 saturated heterocycles. The number of thiocarbonyl (C=S) groups is 1. The molecule has 1 amide bonds. The highest BCUT2D eigenvalue weighted by molar-refractivity contribution is 8.26. The third kappa shape index (κ3) is 8.17. The van der Waals surface area contributed by atoms with Crippen LogP contribution in [-0.4, -0.2) is 67.4 Å². The van der Waals surface area contributed by atoms with Gasteiger partial charge in [0.15, 0.2) is 0 Å². The minimum atomic E-state index is -0.728. The summed E-state index contributed by atoms with van der Waals surface area (Å²) in [6.07, 6.45) is 11.5. The van der Waals surface area contributed by atoms with Crippen LogP contribution in [0.15, 0.2) is 28.0 Å². The fourth-order valence-corrected chi connectivity index (χ4v) is 6.69. The molecule has 0 bridgehead atoms. The van der Waals surface area contributed by atoms with Crippen molar-refractivity contribution in [3.8, 4) is 0 Å². The summed E-state index contributed by atoms with van der Waals surface area (Å²) < 4.78 is 7.97. The van der Waals surface area contributed by atoms with Crippen LogP contribution in [-0.2, 0) is 14.3 Å². The highest BCUT2D eigenvalue weighted by Crippen LogP contribution is 2.34. The molecular formula is C30H40N4O5S2. The lowest BCUT2D eigenvalue weighted by Crippen LogP contribution is -2.46. The van der Waals surface area contributed by atoms with Crippen molar-refractivity contribution in [3.63, 3.8) is 0 Å². The molecule has 0 aliphatic carbocycles. The van der Waals surface area contributed by atoms with Gasteiger partial charge < -0.3 is 14.7 Å². The molecule has 2 atom stereocenters. The Balaban J connectivity index is 1.44. The third-order valence-electron chi connectivity index (χ3n) is 7.38. The second-order valence-corrected chi connectivity index (χ2v) is 12.7. The zero-order chi connectivity index (χ0) is 29.5. The Morgan fingerprint density at radius 2 is 1.71 bits per heavy atom. The van der Waals surface area contributed by atoms with Gasteiger partial charge in [-0.05, 0) is 51.3 Å². The van der Waals surface area contributed by atoms with Gasteiger partial charge in [0.2, 0.25) is 0 Å². The van der Waals surface area contributed by atoms with Crippen LogP contribution in [0, 0.1) is 6.92 Å². The SMILES string of the molecule is Cc1ccc2nc(N3CC(C)OC(C)C3)c(/C=C3/SC(=S)N(CCCCCCCCCCC(=O)O)C3=O)c(=O)n2c1. The van der Waals surface area contributed by atoms with Crippen LogP contribution in [0.1, 0.15) is 82.8 Å². The monoisotopic (exact) mass is 600 g/mol. The molecule has 0 radical (unpaired) electrons. The number of carbonyl (C=O) groups is 2. The lowest BCUT2D eigenvalue weighted by molar-refractivity contribution is -0.137. The number of ether oxygens (including phenoxy) is 1. The number of carbonyl (C=O) groups excluding carboxylic acids is 1. The van der Waals surface area contributed by atoms with E-state index in [0.29, 0.717) is 45.9 Å². The fourth-order valence-electron chi connectivity index (χ4n) is 5.40. The average molecular weight is 601 g/mol. The number of anilines is 1. The molecular weight excluding hydrogens is 560 g/mol. The molecule has 2 aliphatic rings. The Kier molecular flexibility index (Phi) is 11.0. The van der Waals surface area contributed by atoms with Crippen LogP contribution in [0.5, 0.6) is 0 Å². The Labute approximate surface area is 251 Å². The van der Waals surface area contributed by atoms with Crippen molar-refractivity contribution in [3.05, 3.63) is 44.7 Å². The summed E-state index contributed by atoms with van der Waals surface area (Å²) in [5, 5.41) is 8.71. The van der Waals surface area contributed by atoms with E-state index in [9.17, 15) is 14.4 Å². The molecule has 2 aromatic rings. The number of unbranched alkanes of at least 4 members (excludes halogenated alkanes) is 7. The van der Waals surface area contributed by atoms with Gasteiger partial charge in [-0.3, -0.25) is 23.7 Å². The molecule has 2 fully saturated rings. The van der Waals surface area contributed by atoms with Gasteiger partial charge >= 0.3 is 5.97 Å². The number of morpholine rings is 1. The first-order valence-electron chi connectivity index (χ1n) is 14.5. The van der Waals surface area contributed by atoms with Crippen molar-refractivity contribution in [2.45, 2.75) is 90.8 Å². The summed E-state index contributed by atoms with van der Waals surface area (Å²) in [6.45, 7) is 7.70. The first-order chi connectivity index (χ1) is 19.6. The molecule has 4 heterocycles. The fraction of sp³-hybridized carbons (Fsp3) is 0.567. The van der Waals surface area contributed by atoms with Gasteiger partial charge in [0.05, 0.1) is 22.7 Å². The summed E-state index contributed by atoms with van der Waals surface area (Å²) in [5.41, 5.74) is 1.68. The third-order valence-corrected chi connectivity index (χ3v) is 8.75. The second-order valence-electron chi connectivity index (χ2n) is 11.1. The summed E-state index contributed by atoms with van der Waals surface area (Å²) >= 11 is 6.80. The maximum atomic E-state index is 13.8. The Morgan fingerprint density at radius 3 is 2.37 bits per heavy atom. The summed E-state index contributed by atoms with van der Waals surface area (Å²) in [4.78, 5) is 46.8. The lowest BCUT2D eigenvalue weighted by atomic mass is 10.1. The molecule has 2 aliphatic heterocycles. The number of fused-ring (bicyclic) bond motifs is 1. The maximum Gasteiger partial charge on any atom is 0.303 e. The molecule has 9 nitrogen and oxygen atoms in total. The zero-order valence-corrected chi connectivity index (χ0v) is 25.8. The molecule has 11 heteroatoms. The minimum absolute atomic E-state index is 0.0139. The first kappa shape index (κ1) is 31.2. The van der Waals surface area contributed by atoms with E-state index in [0.717, 1.165) is 56.9 Å². The van der Waals surface area contributed by atoms with Crippen LogP contribution in [0.4, 0.5) is 5.82 Å². The maximum absolute atomic E-state index is 13.8. The van der Waals surface area contributed by atoms with Gasteiger partial charge in [-0.15, -0.1) is 0 Å². The zero-order valence-electron chi connectivity index (χ0n) is 24.1. The van der Waals surface area contributed by atoms with Crippen molar-refractivity contribution in [1.29, 1.82) is 0 Å². The Morgan fingerprint density at radius 1 is 1.07 bits per heavy atom. The van der Waals surface area contributed by atoms with Crippen LogP contribution < -0.4 is 10.5 Å². The van der Waals surface area contributed by atoms with E-state index < -0.39 is 5.97 Å². The number of pyridine rings is 1. The standard InChI is InChI=1S/C30H40N4O5S2/c1-20-13-14-25-31-27(32-18-21(2)39-22(3)19-32)23(28(37)34(25)17-20)16-24-29(38)33(30(40)41-24)15-11-9-7-5-4-6-8-10-12-26(35)36/h13-14,16-17,21-22H,4-12,15,18-19H2,1-3H3,(H,35,36)/b24-16+. The van der Waals surface area contributed by atoms with Crippen molar-refractivity contribution in [2.24, 2.45) is 0 Å². The highest BCUT2D eigenvalue weighted by atomic mass is 32.2. The molecule has 2 aromatic heterocycles. The molecule has 0 saturated carbocycles. The van der Waals surface area contributed by atoms with E-state index >= 15 is 0 Å². The van der Waals surface area contributed by atoms with Crippen molar-refractivity contribution < 1.29 is 19.4 Å². The summed E-state index contributed by atoms with van der Waals surface area (Å²) in [7, 11) is 0. The topological polar surface area (TPSA) is 104 Å².